The number of hydrogen-bond acceptors (Lipinski definition) is 6. The van der Waals surface area contributed by atoms with Gasteiger partial charge in [0.1, 0.15) is 0 Å². The number of carbonyl (C=O) groups excluding carboxylic acids is 1. The maximum Gasteiger partial charge on any atom is 0.264 e. The quantitative estimate of drug-likeness (QED) is 0.298. The van der Waals surface area contributed by atoms with E-state index in [1.54, 1.807) is 17.8 Å². The number of hydrogen-bond donors (Lipinski definition) is 3. The van der Waals surface area contributed by atoms with Crippen LogP contribution in [0.2, 0.25) is 0 Å². The molecule has 168 valence electrons. The average molecular weight is 456 g/mol. The van der Waals surface area contributed by atoms with E-state index in [-0.39, 0.29) is 13.0 Å². The minimum absolute atomic E-state index is 0.0542. The van der Waals surface area contributed by atoms with Crippen LogP contribution < -0.4 is 5.48 Å². The first-order chi connectivity index (χ1) is 15.0. The van der Waals surface area contributed by atoms with Gasteiger partial charge in [-0.3, -0.25) is 14.7 Å². The number of benzene rings is 2. The molecule has 0 bridgehead atoms. The van der Waals surface area contributed by atoms with Crippen LogP contribution in [0, 0.1) is 11.8 Å². The number of carbonyl (C=O) groups is 1. The molecule has 0 aliphatic carbocycles. The molecule has 2 atom stereocenters. The molecule has 1 unspecified atom stereocenters. The van der Waals surface area contributed by atoms with Crippen LogP contribution in [0.25, 0.3) is 10.9 Å². The van der Waals surface area contributed by atoms with E-state index in [4.69, 9.17) is 5.21 Å². The van der Waals surface area contributed by atoms with E-state index >= 15 is 0 Å². The standard InChI is InChI=1S/C23H25N3O5S/c1-16(27)19-9-6-17(7-10-19)4-5-18-8-11-21-20(14-18)15-26(24-21)13-12-23(2,22(28)25-29)32(3,30)31/h6-11,14-16,27,29H,12-13H2,1-3H3,(H,25,28)/t16-,23?/m0/s1. The highest BCUT2D eigenvalue weighted by Crippen LogP contribution is 2.23. The van der Waals surface area contributed by atoms with Crippen molar-refractivity contribution in [3.8, 4) is 11.8 Å². The van der Waals surface area contributed by atoms with Crippen LogP contribution in [0.5, 0.6) is 0 Å². The summed E-state index contributed by atoms with van der Waals surface area (Å²) in [6.07, 6.45) is 2.15. The van der Waals surface area contributed by atoms with E-state index in [1.165, 1.54) is 12.4 Å². The lowest BCUT2D eigenvalue weighted by molar-refractivity contribution is -0.131. The summed E-state index contributed by atoms with van der Waals surface area (Å²) in [6, 6.07) is 12.9. The van der Waals surface area contributed by atoms with Crippen molar-refractivity contribution in [1.29, 1.82) is 0 Å². The molecule has 0 aliphatic heterocycles. The number of nitrogens with one attached hydrogen (secondary N) is 1. The lowest BCUT2D eigenvalue weighted by Gasteiger charge is -2.24. The van der Waals surface area contributed by atoms with Gasteiger partial charge in [0, 0.05) is 35.5 Å². The summed E-state index contributed by atoms with van der Waals surface area (Å²) in [5.41, 5.74) is 4.60. The van der Waals surface area contributed by atoms with Crippen molar-refractivity contribution in [3.63, 3.8) is 0 Å². The lowest BCUT2D eigenvalue weighted by atomic mass is 10.1. The second-order valence-electron chi connectivity index (χ2n) is 7.91. The van der Waals surface area contributed by atoms with Crippen molar-refractivity contribution in [3.05, 3.63) is 65.4 Å². The SMILES string of the molecule is C[C@H](O)c1ccc(C#Cc2ccc3nn(CCC(C)(C(=O)NO)S(C)(=O)=O)cc3c2)cc1. The Morgan fingerprint density at radius 3 is 2.41 bits per heavy atom. The molecule has 1 amide bonds. The van der Waals surface area contributed by atoms with Crippen LogP contribution in [0.15, 0.2) is 48.7 Å². The fourth-order valence-electron chi connectivity index (χ4n) is 3.17. The highest BCUT2D eigenvalue weighted by molar-refractivity contribution is 7.92. The summed E-state index contributed by atoms with van der Waals surface area (Å²) in [5, 5.41) is 23.8. The molecule has 1 heterocycles. The van der Waals surface area contributed by atoms with E-state index in [1.807, 2.05) is 42.5 Å². The minimum atomic E-state index is -3.77. The van der Waals surface area contributed by atoms with E-state index in [2.05, 4.69) is 16.9 Å². The number of aliphatic hydroxyl groups excluding tert-OH is 1. The maximum absolute atomic E-state index is 12.1. The van der Waals surface area contributed by atoms with Gasteiger partial charge in [0.05, 0.1) is 11.6 Å². The topological polar surface area (TPSA) is 122 Å². The third-order valence-corrected chi connectivity index (χ3v) is 7.54. The molecule has 3 N–H and O–H groups in total. The normalized spacial score (nSPS) is 14.3. The number of amides is 1. The third kappa shape index (κ3) is 4.99. The van der Waals surface area contributed by atoms with Gasteiger partial charge in [0.25, 0.3) is 5.91 Å². The van der Waals surface area contributed by atoms with E-state index in [0.29, 0.717) is 5.52 Å². The highest BCUT2D eigenvalue weighted by atomic mass is 32.2. The number of aromatic nitrogens is 2. The predicted octanol–water partition coefficient (Wildman–Crippen LogP) is 2.19. The number of rotatable bonds is 6. The monoisotopic (exact) mass is 455 g/mol. The molecule has 0 spiro atoms. The second-order valence-corrected chi connectivity index (χ2v) is 10.4. The van der Waals surface area contributed by atoms with Gasteiger partial charge in [-0.05, 0) is 56.2 Å². The smallest absolute Gasteiger partial charge is 0.264 e. The Labute approximate surface area is 186 Å². The zero-order valence-corrected chi connectivity index (χ0v) is 18.8. The van der Waals surface area contributed by atoms with Crippen molar-refractivity contribution < 1.29 is 23.5 Å². The van der Waals surface area contributed by atoms with Gasteiger partial charge in [-0.2, -0.15) is 5.10 Å². The molecule has 0 radical (unpaired) electrons. The molecular weight excluding hydrogens is 430 g/mol. The highest BCUT2D eigenvalue weighted by Gasteiger charge is 2.43. The van der Waals surface area contributed by atoms with Crippen LogP contribution in [0.1, 0.15) is 43.1 Å². The number of fused-ring (bicyclic) bond motifs is 1. The molecular formula is C23H25N3O5S. The zero-order valence-electron chi connectivity index (χ0n) is 18.0. The first-order valence-corrected chi connectivity index (χ1v) is 11.8. The lowest BCUT2D eigenvalue weighted by Crippen LogP contribution is -2.49. The number of aryl methyl sites for hydroxylation is 1. The van der Waals surface area contributed by atoms with Gasteiger partial charge < -0.3 is 5.11 Å². The number of sulfone groups is 1. The summed E-state index contributed by atoms with van der Waals surface area (Å²) in [4.78, 5) is 12.0. The summed E-state index contributed by atoms with van der Waals surface area (Å²) >= 11 is 0. The second kappa shape index (κ2) is 9.12. The maximum atomic E-state index is 12.1. The number of hydroxylamine groups is 1. The van der Waals surface area contributed by atoms with Crippen LogP contribution in [-0.2, 0) is 21.2 Å². The molecule has 3 aromatic rings. The van der Waals surface area contributed by atoms with Crippen LogP contribution in [-0.4, -0.2) is 45.4 Å². The molecule has 0 fully saturated rings. The van der Waals surface area contributed by atoms with Gasteiger partial charge in [-0.25, -0.2) is 13.9 Å². The summed E-state index contributed by atoms with van der Waals surface area (Å²) < 4.78 is 24.0. The molecule has 32 heavy (non-hydrogen) atoms. The Morgan fingerprint density at radius 2 is 1.81 bits per heavy atom. The van der Waals surface area contributed by atoms with Gasteiger partial charge >= 0.3 is 0 Å². The van der Waals surface area contributed by atoms with Crippen LogP contribution in [0.4, 0.5) is 0 Å². The Balaban J connectivity index is 1.79. The van der Waals surface area contributed by atoms with Crippen molar-refractivity contribution in [2.24, 2.45) is 0 Å². The zero-order chi connectivity index (χ0) is 23.5. The average Bonchev–Trinajstić information content (AvgIpc) is 3.17. The van der Waals surface area contributed by atoms with E-state index in [9.17, 15) is 18.3 Å². The Morgan fingerprint density at radius 1 is 1.19 bits per heavy atom. The molecule has 2 aromatic carbocycles. The minimum Gasteiger partial charge on any atom is -0.389 e. The van der Waals surface area contributed by atoms with Crippen molar-refractivity contribution in [2.45, 2.75) is 37.7 Å². The summed E-state index contributed by atoms with van der Waals surface area (Å²) in [7, 11) is -3.77. The van der Waals surface area contributed by atoms with Crippen molar-refractivity contribution in [2.75, 3.05) is 6.26 Å². The number of aliphatic hydroxyl groups is 1. The molecule has 3 rings (SSSR count). The van der Waals surface area contributed by atoms with Gasteiger partial charge in [-0.1, -0.05) is 24.0 Å². The number of nitrogens with zero attached hydrogens (tertiary/aromatic N) is 2. The summed E-state index contributed by atoms with van der Waals surface area (Å²) in [5.74, 6) is 5.21. The molecule has 9 heteroatoms. The molecule has 8 nitrogen and oxygen atoms in total. The van der Waals surface area contributed by atoms with Gasteiger partial charge in [0.2, 0.25) is 0 Å². The third-order valence-electron chi connectivity index (χ3n) is 5.51. The Hall–Kier alpha value is -3.19. The van der Waals surface area contributed by atoms with Crippen LogP contribution >= 0.6 is 0 Å². The summed E-state index contributed by atoms with van der Waals surface area (Å²) in [6.45, 7) is 3.15. The van der Waals surface area contributed by atoms with Gasteiger partial charge in [0.15, 0.2) is 14.6 Å². The van der Waals surface area contributed by atoms with E-state index < -0.39 is 26.6 Å². The van der Waals surface area contributed by atoms with Gasteiger partial charge in [-0.15, -0.1) is 0 Å². The fraction of sp³-hybridized carbons (Fsp3) is 0.304. The largest absolute Gasteiger partial charge is 0.389 e. The van der Waals surface area contributed by atoms with Crippen molar-refractivity contribution in [1.82, 2.24) is 15.3 Å². The molecule has 1 aromatic heterocycles. The molecule has 0 saturated carbocycles. The van der Waals surface area contributed by atoms with Crippen molar-refractivity contribution >= 4 is 26.6 Å². The Kier molecular flexibility index (Phi) is 6.69. The van der Waals surface area contributed by atoms with E-state index in [0.717, 1.165) is 28.3 Å². The molecule has 0 saturated heterocycles. The predicted molar refractivity (Wildman–Crippen MR) is 121 cm³/mol. The fourth-order valence-corrected chi connectivity index (χ4v) is 4.02. The first kappa shape index (κ1) is 23.5. The van der Waals surface area contributed by atoms with Crippen LogP contribution in [0.3, 0.4) is 0 Å². The molecule has 0 aliphatic rings. The first-order valence-electron chi connectivity index (χ1n) is 9.95. The Bertz CT molecular complexity index is 1300.